The highest BCUT2D eigenvalue weighted by Crippen LogP contribution is 2.31. The van der Waals surface area contributed by atoms with Gasteiger partial charge in [0.1, 0.15) is 5.75 Å². The molecule has 2 aromatic rings. The van der Waals surface area contributed by atoms with Crippen molar-refractivity contribution >= 4 is 16.7 Å². The van der Waals surface area contributed by atoms with Crippen molar-refractivity contribution in [1.29, 1.82) is 0 Å². The summed E-state index contributed by atoms with van der Waals surface area (Å²) in [5, 5.41) is 5.05. The molecule has 1 amide bonds. The number of hydrogen-bond donors (Lipinski definition) is 2. The minimum Gasteiger partial charge on any atom is -0.490 e. The summed E-state index contributed by atoms with van der Waals surface area (Å²) in [6.45, 7) is 6.58. The van der Waals surface area contributed by atoms with Crippen molar-refractivity contribution in [2.75, 3.05) is 19.7 Å². The number of primary amides is 1. The summed E-state index contributed by atoms with van der Waals surface area (Å²) in [6, 6.07) is 5.38. The van der Waals surface area contributed by atoms with E-state index in [4.69, 9.17) is 15.2 Å². The minimum absolute atomic E-state index is 0.0635. The average molecular weight is 343 g/mol. The van der Waals surface area contributed by atoms with Crippen molar-refractivity contribution in [2.45, 2.75) is 32.8 Å². The molecule has 1 aliphatic heterocycles. The first-order valence-electron chi connectivity index (χ1n) is 8.77. The van der Waals surface area contributed by atoms with Crippen LogP contribution in [-0.4, -0.2) is 36.7 Å². The monoisotopic (exact) mass is 343 g/mol. The number of nitrogens with two attached hydrogens (primary N) is 1. The molecule has 134 valence electrons. The predicted molar refractivity (Wildman–Crippen MR) is 97.1 cm³/mol. The Morgan fingerprint density at radius 1 is 1.44 bits per heavy atom. The van der Waals surface area contributed by atoms with Crippen molar-refractivity contribution in [3.8, 4) is 11.6 Å². The van der Waals surface area contributed by atoms with Crippen LogP contribution in [0.4, 0.5) is 0 Å². The molecule has 1 aliphatic rings. The molecule has 6 heteroatoms. The van der Waals surface area contributed by atoms with E-state index in [9.17, 15) is 4.79 Å². The number of carbonyl (C=O) groups is 1. The fourth-order valence-electron chi connectivity index (χ4n) is 3.12. The van der Waals surface area contributed by atoms with Crippen LogP contribution < -0.4 is 20.5 Å². The van der Waals surface area contributed by atoms with E-state index in [0.29, 0.717) is 29.7 Å². The molecule has 25 heavy (non-hydrogen) atoms. The SMILES string of the molecule is CC(C)Oc1cc2c(OCC[C@H]3CCNC3)nccc2cc1C(N)=O. The van der Waals surface area contributed by atoms with E-state index >= 15 is 0 Å². The highest BCUT2D eigenvalue weighted by Gasteiger charge is 2.17. The molecule has 0 bridgehead atoms. The van der Waals surface area contributed by atoms with Crippen LogP contribution in [0.2, 0.25) is 0 Å². The van der Waals surface area contributed by atoms with E-state index in [-0.39, 0.29) is 6.10 Å². The smallest absolute Gasteiger partial charge is 0.252 e. The van der Waals surface area contributed by atoms with E-state index in [1.54, 1.807) is 18.3 Å². The molecule has 0 radical (unpaired) electrons. The summed E-state index contributed by atoms with van der Waals surface area (Å²) in [6.07, 6.45) is 3.81. The van der Waals surface area contributed by atoms with Gasteiger partial charge in [0.05, 0.1) is 18.3 Å². The molecule has 6 nitrogen and oxygen atoms in total. The first-order chi connectivity index (χ1) is 12.0. The van der Waals surface area contributed by atoms with E-state index in [0.717, 1.165) is 30.3 Å². The number of benzene rings is 1. The third-order valence-electron chi connectivity index (χ3n) is 4.38. The second kappa shape index (κ2) is 7.70. The Morgan fingerprint density at radius 3 is 2.96 bits per heavy atom. The lowest BCUT2D eigenvalue weighted by molar-refractivity contribution is 0.0994. The number of amides is 1. The summed E-state index contributed by atoms with van der Waals surface area (Å²) in [7, 11) is 0. The first-order valence-corrected chi connectivity index (χ1v) is 8.77. The molecule has 1 atom stereocenters. The third-order valence-corrected chi connectivity index (χ3v) is 4.38. The fourth-order valence-corrected chi connectivity index (χ4v) is 3.12. The van der Waals surface area contributed by atoms with Gasteiger partial charge in [-0.25, -0.2) is 4.98 Å². The maximum atomic E-state index is 11.7. The first kappa shape index (κ1) is 17.5. The number of rotatable bonds is 7. The number of pyridine rings is 1. The van der Waals surface area contributed by atoms with Gasteiger partial charge in [-0.15, -0.1) is 0 Å². The maximum absolute atomic E-state index is 11.7. The van der Waals surface area contributed by atoms with Crippen LogP contribution in [0.15, 0.2) is 24.4 Å². The third kappa shape index (κ3) is 4.20. The second-order valence-corrected chi connectivity index (χ2v) is 6.71. The lowest BCUT2D eigenvalue weighted by Gasteiger charge is -2.15. The van der Waals surface area contributed by atoms with Gasteiger partial charge in [0, 0.05) is 11.6 Å². The Kier molecular flexibility index (Phi) is 5.38. The number of ether oxygens (including phenoxy) is 2. The van der Waals surface area contributed by atoms with Crippen LogP contribution in [-0.2, 0) is 0 Å². The van der Waals surface area contributed by atoms with E-state index in [1.807, 2.05) is 19.9 Å². The average Bonchev–Trinajstić information content (AvgIpc) is 3.07. The Labute approximate surface area is 147 Å². The number of aromatic nitrogens is 1. The Balaban J connectivity index is 1.86. The molecule has 1 aromatic carbocycles. The molecule has 1 fully saturated rings. The number of carbonyl (C=O) groups excluding carboxylic acids is 1. The van der Waals surface area contributed by atoms with E-state index in [2.05, 4.69) is 10.3 Å². The summed E-state index contributed by atoms with van der Waals surface area (Å²) in [5.74, 6) is 1.18. The van der Waals surface area contributed by atoms with Gasteiger partial charge >= 0.3 is 0 Å². The summed E-state index contributed by atoms with van der Waals surface area (Å²) >= 11 is 0. The van der Waals surface area contributed by atoms with E-state index < -0.39 is 5.91 Å². The predicted octanol–water partition coefficient (Wildman–Crippen LogP) is 2.50. The number of nitrogens with one attached hydrogen (secondary N) is 1. The van der Waals surface area contributed by atoms with Crippen LogP contribution in [0.1, 0.15) is 37.0 Å². The lowest BCUT2D eigenvalue weighted by Crippen LogP contribution is -2.15. The van der Waals surface area contributed by atoms with Gasteiger partial charge in [-0.3, -0.25) is 4.79 Å². The molecule has 3 rings (SSSR count). The molecule has 0 aliphatic carbocycles. The molecule has 1 aromatic heterocycles. The Hall–Kier alpha value is -2.34. The van der Waals surface area contributed by atoms with Crippen LogP contribution >= 0.6 is 0 Å². The highest BCUT2D eigenvalue weighted by atomic mass is 16.5. The fraction of sp³-hybridized carbons (Fsp3) is 0.474. The zero-order chi connectivity index (χ0) is 17.8. The molecule has 0 saturated carbocycles. The molecule has 0 unspecified atom stereocenters. The van der Waals surface area contributed by atoms with Crippen LogP contribution in [0, 0.1) is 5.92 Å². The maximum Gasteiger partial charge on any atom is 0.252 e. The summed E-state index contributed by atoms with van der Waals surface area (Å²) in [5.41, 5.74) is 5.87. The van der Waals surface area contributed by atoms with Crippen LogP contribution in [0.3, 0.4) is 0 Å². The zero-order valence-electron chi connectivity index (χ0n) is 14.7. The van der Waals surface area contributed by atoms with Crippen molar-refractivity contribution in [1.82, 2.24) is 10.3 Å². The van der Waals surface area contributed by atoms with Crippen molar-refractivity contribution in [3.63, 3.8) is 0 Å². The van der Waals surface area contributed by atoms with Crippen molar-refractivity contribution in [3.05, 3.63) is 30.0 Å². The van der Waals surface area contributed by atoms with Crippen LogP contribution in [0.25, 0.3) is 10.8 Å². The van der Waals surface area contributed by atoms with Gasteiger partial charge in [0.2, 0.25) is 5.88 Å². The second-order valence-electron chi connectivity index (χ2n) is 6.71. The molecule has 1 saturated heterocycles. The topological polar surface area (TPSA) is 86.5 Å². The zero-order valence-corrected chi connectivity index (χ0v) is 14.7. The van der Waals surface area contributed by atoms with Gasteiger partial charge in [-0.05, 0) is 69.3 Å². The standard InChI is InChI=1S/C19H25N3O3/c1-12(2)25-17-10-15-14(9-16(17)18(20)23)4-7-22-19(15)24-8-5-13-3-6-21-11-13/h4,7,9-10,12-13,21H,3,5-6,8,11H2,1-2H3,(H2,20,23)/t13-/m1/s1. The minimum atomic E-state index is -0.509. The molecule has 2 heterocycles. The largest absolute Gasteiger partial charge is 0.490 e. The lowest BCUT2D eigenvalue weighted by atomic mass is 10.1. The normalized spacial score (nSPS) is 17.2. The molecule has 3 N–H and O–H groups in total. The molecule has 0 spiro atoms. The van der Waals surface area contributed by atoms with Gasteiger partial charge in [-0.1, -0.05) is 0 Å². The van der Waals surface area contributed by atoms with Crippen LogP contribution in [0.5, 0.6) is 11.6 Å². The van der Waals surface area contributed by atoms with Gasteiger partial charge in [-0.2, -0.15) is 0 Å². The van der Waals surface area contributed by atoms with Gasteiger partial charge < -0.3 is 20.5 Å². The van der Waals surface area contributed by atoms with Gasteiger partial charge in [0.25, 0.3) is 5.91 Å². The van der Waals surface area contributed by atoms with Crippen molar-refractivity contribution in [2.24, 2.45) is 11.7 Å². The number of fused-ring (bicyclic) bond motifs is 1. The quantitative estimate of drug-likeness (QED) is 0.807. The van der Waals surface area contributed by atoms with E-state index in [1.165, 1.54) is 6.42 Å². The Morgan fingerprint density at radius 2 is 2.28 bits per heavy atom. The summed E-state index contributed by atoms with van der Waals surface area (Å²) in [4.78, 5) is 16.1. The molecular formula is C19H25N3O3. The van der Waals surface area contributed by atoms with Crippen molar-refractivity contribution < 1.29 is 14.3 Å². The molecular weight excluding hydrogens is 318 g/mol. The highest BCUT2D eigenvalue weighted by molar-refractivity contribution is 6.01. The number of hydrogen-bond acceptors (Lipinski definition) is 5. The summed E-state index contributed by atoms with van der Waals surface area (Å²) < 4.78 is 11.7. The van der Waals surface area contributed by atoms with Gasteiger partial charge in [0.15, 0.2) is 0 Å². The number of nitrogens with zero attached hydrogens (tertiary/aromatic N) is 1. The Bertz CT molecular complexity index is 755.